The highest BCUT2D eigenvalue weighted by Crippen LogP contribution is 2.38. The fraction of sp³-hybridized carbons (Fsp3) is 0.362. The second-order valence-electron chi connectivity index (χ2n) is 15.3. The molecule has 1 aliphatic rings. The number of nitrogens with two attached hydrogens (primary N) is 1. The van der Waals surface area contributed by atoms with Gasteiger partial charge in [0.15, 0.2) is 0 Å². The third-order valence-corrected chi connectivity index (χ3v) is 10.3. The first-order valence-corrected chi connectivity index (χ1v) is 20.8. The van der Waals surface area contributed by atoms with Gasteiger partial charge in [-0.2, -0.15) is 0 Å². The molecule has 9 N–H and O–H groups in total. The van der Waals surface area contributed by atoms with E-state index in [1.807, 2.05) is 12.1 Å². The number of carbonyl (C=O) groups excluding carboxylic acids is 5. The summed E-state index contributed by atoms with van der Waals surface area (Å²) in [6.07, 6.45) is 5.39. The Kier molecular flexibility index (Phi) is 18.0. The molecule has 3 atom stereocenters. The first kappa shape index (κ1) is 47.9. The van der Waals surface area contributed by atoms with Crippen molar-refractivity contribution in [2.75, 3.05) is 26.7 Å². The summed E-state index contributed by atoms with van der Waals surface area (Å²) in [6.45, 7) is 5.67. The Labute approximate surface area is 362 Å². The maximum absolute atomic E-state index is 13.6. The molecule has 0 spiro atoms. The van der Waals surface area contributed by atoms with Crippen LogP contribution in [0.15, 0.2) is 84.9 Å². The standard InChI is InChI=1S/C43H47N5O9.C4H11N/c1-4-5-6-26-7-10-28(11-8-26)29-12-14-30(15-13-29)41(54)46-25(2)19-37(51)44-24-39(53)48(3)40-31-16-18-36(50)33(22-31)32-20-27(9-17-35(32)49)21-34(43(56)57)47-38(52)23-45-42(40)55;1-2-3-4-5/h7-18,20,22,25,34,40,49-50H,4-6,19,21,23-24H2,1-3H3,(H,44,51)(H,45,55)(H,46,54)(H,47,52)(H,56,57);2-5H2,1H3/t25?,34-,40?;/m0./s1. The van der Waals surface area contributed by atoms with E-state index in [1.54, 1.807) is 19.1 Å². The Balaban J connectivity index is 0.00000160. The van der Waals surface area contributed by atoms with Gasteiger partial charge in [-0.3, -0.25) is 24.0 Å². The maximum atomic E-state index is 13.6. The first-order chi connectivity index (χ1) is 29.6. The van der Waals surface area contributed by atoms with E-state index >= 15 is 0 Å². The van der Waals surface area contributed by atoms with Crippen LogP contribution in [0.25, 0.3) is 22.3 Å². The normalized spacial score (nSPS) is 15.3. The number of carbonyl (C=O) groups is 6. The van der Waals surface area contributed by atoms with E-state index in [1.165, 1.54) is 61.9 Å². The molecule has 330 valence electrons. The summed E-state index contributed by atoms with van der Waals surface area (Å²) in [5.41, 5.74) is 9.71. The van der Waals surface area contributed by atoms with Gasteiger partial charge in [0.2, 0.25) is 23.6 Å². The molecule has 15 heteroatoms. The van der Waals surface area contributed by atoms with Crippen LogP contribution < -0.4 is 27.0 Å². The number of carboxylic acid groups (broad SMARTS) is 1. The van der Waals surface area contributed by atoms with E-state index < -0.39 is 60.8 Å². The molecule has 2 unspecified atom stereocenters. The van der Waals surface area contributed by atoms with Gasteiger partial charge < -0.3 is 47.2 Å². The zero-order chi connectivity index (χ0) is 45.3. The van der Waals surface area contributed by atoms with Crippen molar-refractivity contribution in [1.82, 2.24) is 26.2 Å². The van der Waals surface area contributed by atoms with Crippen LogP contribution >= 0.6 is 0 Å². The fourth-order valence-corrected chi connectivity index (χ4v) is 6.78. The molecule has 5 amide bonds. The zero-order valence-corrected chi connectivity index (χ0v) is 35.7. The Bertz CT molecular complexity index is 2190. The van der Waals surface area contributed by atoms with Crippen molar-refractivity contribution in [2.24, 2.45) is 5.73 Å². The molecule has 5 rings (SSSR count). The number of nitrogens with zero attached hydrogens (tertiary/aromatic N) is 1. The number of phenolic OH excluding ortho intramolecular Hbond substituents is 2. The van der Waals surface area contributed by atoms with Gasteiger partial charge in [-0.05, 0) is 96.9 Å². The Morgan fingerprint density at radius 1 is 0.855 bits per heavy atom. The number of benzene rings is 4. The molecule has 1 aliphatic heterocycles. The Hall–Kier alpha value is -6.74. The number of unbranched alkanes of at least 4 members (excludes halogenated alkanes) is 2. The van der Waals surface area contributed by atoms with Crippen molar-refractivity contribution in [3.05, 3.63) is 107 Å². The second-order valence-corrected chi connectivity index (χ2v) is 15.3. The van der Waals surface area contributed by atoms with Gasteiger partial charge in [-0.1, -0.05) is 75.2 Å². The van der Waals surface area contributed by atoms with Crippen LogP contribution in [-0.4, -0.2) is 94.5 Å². The lowest BCUT2D eigenvalue weighted by molar-refractivity contribution is -0.142. The molecule has 15 nitrogen and oxygen atoms in total. The molecule has 1 heterocycles. The van der Waals surface area contributed by atoms with E-state index in [2.05, 4.69) is 59.4 Å². The number of amides is 5. The highest BCUT2D eigenvalue weighted by molar-refractivity contribution is 5.96. The van der Waals surface area contributed by atoms with Crippen molar-refractivity contribution < 1.29 is 44.1 Å². The van der Waals surface area contributed by atoms with E-state index in [4.69, 9.17) is 5.73 Å². The predicted molar refractivity (Wildman–Crippen MR) is 236 cm³/mol. The van der Waals surface area contributed by atoms with E-state index in [0.29, 0.717) is 11.1 Å². The van der Waals surface area contributed by atoms with Crippen LogP contribution in [0, 0.1) is 0 Å². The minimum Gasteiger partial charge on any atom is -0.507 e. The number of phenols is 2. The number of aliphatic carboxylic acids is 1. The summed E-state index contributed by atoms with van der Waals surface area (Å²) in [5, 5.41) is 41.4. The summed E-state index contributed by atoms with van der Waals surface area (Å²) in [7, 11) is 1.32. The third kappa shape index (κ3) is 13.6. The SMILES string of the molecule is CCCCN.CCCCc1ccc(-c2ccc(C(=O)NC(C)CC(=O)NCC(=O)N(C)C3C(=O)NCC(=O)N[C@H](C(=O)O)Cc4ccc(O)c(c4)-c4cc3ccc4O)cc2)cc1. The number of fused-ring (bicyclic) bond motifs is 5. The largest absolute Gasteiger partial charge is 0.507 e. The minimum absolute atomic E-state index is 0.103. The molecule has 0 aromatic heterocycles. The summed E-state index contributed by atoms with van der Waals surface area (Å²) in [5.74, 6) is -5.03. The quantitative estimate of drug-likeness (QED) is 0.0878. The van der Waals surface area contributed by atoms with Gasteiger partial charge in [-0.25, -0.2) is 4.79 Å². The monoisotopic (exact) mass is 850 g/mol. The number of rotatable bonds is 14. The van der Waals surface area contributed by atoms with Gasteiger partial charge in [0.05, 0.1) is 13.1 Å². The average Bonchev–Trinajstić information content (AvgIpc) is 3.25. The molecule has 0 fully saturated rings. The Morgan fingerprint density at radius 3 is 2.06 bits per heavy atom. The number of likely N-dealkylation sites (N-methyl/N-ethyl adjacent to an activating group) is 1. The van der Waals surface area contributed by atoms with Crippen LogP contribution in [-0.2, 0) is 36.8 Å². The molecule has 62 heavy (non-hydrogen) atoms. The molecule has 4 aromatic carbocycles. The molecule has 0 radical (unpaired) electrons. The van der Waals surface area contributed by atoms with Crippen LogP contribution in [0.5, 0.6) is 11.5 Å². The second kappa shape index (κ2) is 23.3. The summed E-state index contributed by atoms with van der Waals surface area (Å²) in [6, 6.07) is 20.5. The lowest BCUT2D eigenvalue weighted by atomic mass is 9.94. The van der Waals surface area contributed by atoms with Crippen molar-refractivity contribution in [1.29, 1.82) is 0 Å². The highest BCUT2D eigenvalue weighted by Gasteiger charge is 2.31. The molecule has 0 saturated heterocycles. The van der Waals surface area contributed by atoms with Crippen molar-refractivity contribution in [2.45, 2.75) is 83.8 Å². The number of aromatic hydroxyl groups is 2. The van der Waals surface area contributed by atoms with E-state index in [9.17, 15) is 44.1 Å². The van der Waals surface area contributed by atoms with Gasteiger partial charge in [0.25, 0.3) is 5.91 Å². The number of hydrogen-bond acceptors (Lipinski definition) is 9. The third-order valence-electron chi connectivity index (χ3n) is 10.3. The molecule has 4 aromatic rings. The first-order valence-electron chi connectivity index (χ1n) is 20.8. The number of hydrogen-bond donors (Lipinski definition) is 8. The molecular weight excluding hydrogens is 793 g/mol. The molecule has 0 saturated carbocycles. The van der Waals surface area contributed by atoms with Gasteiger partial charge >= 0.3 is 5.97 Å². The van der Waals surface area contributed by atoms with E-state index in [-0.39, 0.29) is 46.9 Å². The van der Waals surface area contributed by atoms with Crippen LogP contribution in [0.4, 0.5) is 0 Å². The number of carboxylic acids is 1. The van der Waals surface area contributed by atoms with Gasteiger partial charge in [-0.15, -0.1) is 0 Å². The van der Waals surface area contributed by atoms with Crippen LogP contribution in [0.3, 0.4) is 0 Å². The minimum atomic E-state index is -1.39. The highest BCUT2D eigenvalue weighted by atomic mass is 16.4. The summed E-state index contributed by atoms with van der Waals surface area (Å²) in [4.78, 5) is 78.7. The molecule has 0 aliphatic carbocycles. The van der Waals surface area contributed by atoms with Crippen LogP contribution in [0.1, 0.15) is 86.0 Å². The predicted octanol–water partition coefficient (Wildman–Crippen LogP) is 4.59. The average molecular weight is 851 g/mol. The smallest absolute Gasteiger partial charge is 0.326 e. The van der Waals surface area contributed by atoms with Crippen molar-refractivity contribution in [3.8, 4) is 33.8 Å². The molecular formula is C47H58N6O9. The van der Waals surface area contributed by atoms with Crippen molar-refractivity contribution >= 4 is 35.5 Å². The number of aryl methyl sites for hydroxylation is 1. The fourth-order valence-electron chi connectivity index (χ4n) is 6.78. The van der Waals surface area contributed by atoms with Crippen molar-refractivity contribution in [3.63, 3.8) is 0 Å². The molecule has 4 bridgehead atoms. The van der Waals surface area contributed by atoms with Gasteiger partial charge in [0, 0.05) is 42.6 Å². The topological polar surface area (TPSA) is 240 Å². The zero-order valence-electron chi connectivity index (χ0n) is 35.7. The van der Waals surface area contributed by atoms with Crippen LogP contribution in [0.2, 0.25) is 0 Å². The lowest BCUT2D eigenvalue weighted by Crippen LogP contribution is -2.49. The van der Waals surface area contributed by atoms with Gasteiger partial charge in [0.1, 0.15) is 23.6 Å². The number of nitrogens with one attached hydrogen (secondary N) is 4. The summed E-state index contributed by atoms with van der Waals surface area (Å²) >= 11 is 0. The van der Waals surface area contributed by atoms with E-state index in [0.717, 1.165) is 41.8 Å². The summed E-state index contributed by atoms with van der Waals surface area (Å²) < 4.78 is 0. The maximum Gasteiger partial charge on any atom is 0.326 e. The lowest BCUT2D eigenvalue weighted by Gasteiger charge is -2.29. The Morgan fingerprint density at radius 2 is 1.47 bits per heavy atom.